The van der Waals surface area contributed by atoms with Crippen molar-refractivity contribution in [3.05, 3.63) is 51.2 Å². The van der Waals surface area contributed by atoms with E-state index in [1.165, 1.54) is 11.8 Å². The minimum Gasteiger partial charge on any atom is -0.363 e. The summed E-state index contributed by atoms with van der Waals surface area (Å²) in [6.45, 7) is 4.37. The number of azide groups is 2. The molecule has 5 atom stereocenters. The maximum Gasteiger partial charge on any atom is 0.116 e. The Morgan fingerprint density at radius 3 is 2.50 bits per heavy atom. The lowest BCUT2D eigenvalue weighted by Gasteiger charge is -2.42. The lowest BCUT2D eigenvalue weighted by atomic mass is 9.83. The zero-order valence-corrected chi connectivity index (χ0v) is 13.3. The van der Waals surface area contributed by atoms with Gasteiger partial charge in [-0.2, -0.15) is 0 Å². The molecular formula is C14H18N6OS. The first-order valence-electron chi connectivity index (χ1n) is 7.09. The normalized spacial score (nSPS) is 30.9. The first-order valence-corrected chi connectivity index (χ1v) is 7.97. The molecule has 7 nitrogen and oxygen atoms in total. The summed E-state index contributed by atoms with van der Waals surface area (Å²) in [5.74, 6) is 0.290. The molecule has 22 heavy (non-hydrogen) atoms. The second kappa shape index (κ2) is 7.96. The Kier molecular flexibility index (Phi) is 5.98. The van der Waals surface area contributed by atoms with Crippen LogP contribution in [0.25, 0.3) is 20.9 Å². The van der Waals surface area contributed by atoms with Crippen LogP contribution in [-0.2, 0) is 4.74 Å². The van der Waals surface area contributed by atoms with Gasteiger partial charge in [0, 0.05) is 14.7 Å². The van der Waals surface area contributed by atoms with E-state index in [9.17, 15) is 0 Å². The average Bonchev–Trinajstić information content (AvgIpc) is 2.54. The number of benzene rings is 1. The van der Waals surface area contributed by atoms with Crippen molar-refractivity contribution in [1.29, 1.82) is 0 Å². The van der Waals surface area contributed by atoms with Gasteiger partial charge in [-0.15, -0.1) is 0 Å². The fourth-order valence-electron chi connectivity index (χ4n) is 2.55. The van der Waals surface area contributed by atoms with Gasteiger partial charge in [0.15, 0.2) is 0 Å². The molecule has 0 amide bonds. The number of rotatable bonds is 5. The predicted molar refractivity (Wildman–Crippen MR) is 86.2 cm³/mol. The summed E-state index contributed by atoms with van der Waals surface area (Å²) >= 11 is 1.53. The highest BCUT2D eigenvalue weighted by atomic mass is 32.2. The Balaban J connectivity index is 2.21. The van der Waals surface area contributed by atoms with Crippen LogP contribution in [0.15, 0.2) is 45.5 Å². The number of hydrogen-bond acceptors (Lipinski definition) is 4. The van der Waals surface area contributed by atoms with Crippen LogP contribution in [0.4, 0.5) is 0 Å². The van der Waals surface area contributed by atoms with E-state index in [1.54, 1.807) is 0 Å². The molecule has 1 heterocycles. The molecule has 2 rings (SSSR count). The molecule has 0 N–H and O–H groups in total. The van der Waals surface area contributed by atoms with E-state index in [0.29, 0.717) is 0 Å². The van der Waals surface area contributed by atoms with Crippen LogP contribution < -0.4 is 0 Å². The summed E-state index contributed by atoms with van der Waals surface area (Å²) in [6.07, 6.45) is -0.169. The molecule has 1 aromatic carbocycles. The van der Waals surface area contributed by atoms with Crippen LogP contribution in [0.3, 0.4) is 0 Å². The lowest BCUT2D eigenvalue weighted by Crippen LogP contribution is -2.47. The smallest absolute Gasteiger partial charge is 0.116 e. The van der Waals surface area contributed by atoms with Crippen molar-refractivity contribution in [3.63, 3.8) is 0 Å². The molecule has 0 saturated carbocycles. The van der Waals surface area contributed by atoms with E-state index < -0.39 is 0 Å². The van der Waals surface area contributed by atoms with Crippen LogP contribution in [0.5, 0.6) is 0 Å². The standard InChI is InChI=1S/C14H18N6OS/c1-9-10(2)13(18-20-16)14(21-12(9)8-17-19-15)22-11-6-4-3-5-7-11/h3-7,9-10,12-14H,8H2,1-2H3/t9-,10-,12?,13?,14?/m0/s1. The van der Waals surface area contributed by atoms with Gasteiger partial charge < -0.3 is 4.74 Å². The molecule has 1 aromatic rings. The van der Waals surface area contributed by atoms with Crippen LogP contribution in [0, 0.1) is 11.8 Å². The van der Waals surface area contributed by atoms with E-state index in [4.69, 9.17) is 15.8 Å². The number of ether oxygens (including phenoxy) is 1. The van der Waals surface area contributed by atoms with Crippen molar-refractivity contribution in [3.8, 4) is 0 Å². The molecule has 1 aliphatic heterocycles. The van der Waals surface area contributed by atoms with Crippen LogP contribution >= 0.6 is 11.8 Å². The fourth-order valence-corrected chi connectivity index (χ4v) is 3.77. The van der Waals surface area contributed by atoms with Crippen LogP contribution in [-0.4, -0.2) is 24.1 Å². The molecule has 0 radical (unpaired) electrons. The van der Waals surface area contributed by atoms with Crippen LogP contribution in [0.1, 0.15) is 13.8 Å². The molecule has 1 aliphatic rings. The Morgan fingerprint density at radius 1 is 1.14 bits per heavy atom. The number of hydrogen-bond donors (Lipinski definition) is 0. The zero-order chi connectivity index (χ0) is 15.9. The topological polar surface area (TPSA) is 107 Å². The third-order valence-corrected chi connectivity index (χ3v) is 5.21. The highest BCUT2D eigenvalue weighted by Crippen LogP contribution is 2.40. The van der Waals surface area contributed by atoms with Crippen molar-refractivity contribution in [2.45, 2.75) is 36.3 Å². The maximum atomic E-state index is 8.84. The third kappa shape index (κ3) is 3.87. The SMILES string of the molecule is C[C@@H]1C(CN=[N+]=[N-])OC(Sc2ccccc2)C(N=[N+]=[N-])[C@H]1C. The Labute approximate surface area is 133 Å². The average molecular weight is 318 g/mol. The van der Waals surface area contributed by atoms with Crippen molar-refractivity contribution in [2.24, 2.45) is 22.1 Å². The molecule has 1 fully saturated rings. The first kappa shape index (κ1) is 16.5. The summed E-state index contributed by atoms with van der Waals surface area (Å²) in [5.41, 5.74) is 17.1. The van der Waals surface area contributed by atoms with Gasteiger partial charge in [-0.1, -0.05) is 54.0 Å². The molecule has 116 valence electrons. The van der Waals surface area contributed by atoms with Crippen molar-refractivity contribution in [2.75, 3.05) is 6.54 Å². The molecule has 0 aliphatic carbocycles. The number of thioether (sulfide) groups is 1. The molecule has 1 saturated heterocycles. The minimum atomic E-state index is -0.289. The maximum absolute atomic E-state index is 8.84. The van der Waals surface area contributed by atoms with Gasteiger partial charge in [-0.05, 0) is 35.0 Å². The molecule has 0 aromatic heterocycles. The van der Waals surface area contributed by atoms with Crippen molar-refractivity contribution >= 4 is 11.8 Å². The zero-order valence-electron chi connectivity index (χ0n) is 12.5. The highest BCUT2D eigenvalue weighted by Gasteiger charge is 2.41. The predicted octanol–water partition coefficient (Wildman–Crippen LogP) is 4.77. The summed E-state index contributed by atoms with van der Waals surface area (Å²) in [6, 6.07) is 9.59. The minimum absolute atomic E-state index is 0.143. The first-order chi connectivity index (χ1) is 10.7. The van der Waals surface area contributed by atoms with Gasteiger partial charge in [0.05, 0.1) is 18.7 Å². The summed E-state index contributed by atoms with van der Waals surface area (Å²) in [5, 5.41) is 7.57. The molecule has 0 spiro atoms. The quantitative estimate of drug-likeness (QED) is 0.443. The molecule has 8 heteroatoms. The van der Waals surface area contributed by atoms with Gasteiger partial charge in [-0.3, -0.25) is 0 Å². The van der Waals surface area contributed by atoms with E-state index in [2.05, 4.69) is 20.1 Å². The van der Waals surface area contributed by atoms with Crippen molar-refractivity contribution in [1.82, 2.24) is 0 Å². The van der Waals surface area contributed by atoms with Gasteiger partial charge in [0.1, 0.15) is 5.44 Å². The van der Waals surface area contributed by atoms with Crippen LogP contribution in [0.2, 0.25) is 0 Å². The molecular weight excluding hydrogens is 300 g/mol. The van der Waals surface area contributed by atoms with E-state index in [1.807, 2.05) is 44.2 Å². The monoisotopic (exact) mass is 318 g/mol. The van der Waals surface area contributed by atoms with E-state index >= 15 is 0 Å². The Hall–Kier alpha value is -1.85. The summed E-state index contributed by atoms with van der Waals surface area (Å²) in [7, 11) is 0. The van der Waals surface area contributed by atoms with Gasteiger partial charge in [0.2, 0.25) is 0 Å². The van der Waals surface area contributed by atoms with Gasteiger partial charge in [-0.25, -0.2) is 0 Å². The summed E-state index contributed by atoms with van der Waals surface area (Å²) in [4.78, 5) is 6.83. The fraction of sp³-hybridized carbons (Fsp3) is 0.571. The second-order valence-corrected chi connectivity index (χ2v) is 6.47. The Morgan fingerprint density at radius 2 is 1.86 bits per heavy atom. The summed E-state index contributed by atoms with van der Waals surface area (Å²) < 4.78 is 6.07. The van der Waals surface area contributed by atoms with E-state index in [-0.39, 0.29) is 36.0 Å². The van der Waals surface area contributed by atoms with Gasteiger partial charge >= 0.3 is 0 Å². The lowest BCUT2D eigenvalue weighted by molar-refractivity contribution is -0.0687. The third-order valence-electron chi connectivity index (χ3n) is 4.05. The molecule has 0 bridgehead atoms. The molecule has 3 unspecified atom stereocenters. The van der Waals surface area contributed by atoms with Crippen molar-refractivity contribution < 1.29 is 4.74 Å². The second-order valence-electron chi connectivity index (χ2n) is 5.30. The van der Waals surface area contributed by atoms with Gasteiger partial charge in [0.25, 0.3) is 0 Å². The highest BCUT2D eigenvalue weighted by molar-refractivity contribution is 7.99. The largest absolute Gasteiger partial charge is 0.363 e. The van der Waals surface area contributed by atoms with E-state index in [0.717, 1.165) is 4.90 Å². The number of nitrogens with zero attached hydrogens (tertiary/aromatic N) is 6. The Bertz CT molecular complexity index is 582.